The van der Waals surface area contributed by atoms with Gasteiger partial charge in [0.25, 0.3) is 5.91 Å². The summed E-state index contributed by atoms with van der Waals surface area (Å²) in [5, 5.41) is 3.83. The number of halogens is 1. The predicted molar refractivity (Wildman–Crippen MR) is 95.1 cm³/mol. The highest BCUT2D eigenvalue weighted by atomic mass is 79.9. The van der Waals surface area contributed by atoms with Crippen LogP contribution in [0, 0.1) is 6.92 Å². The van der Waals surface area contributed by atoms with Gasteiger partial charge in [0.1, 0.15) is 5.75 Å². The van der Waals surface area contributed by atoms with Gasteiger partial charge in [0, 0.05) is 21.6 Å². The number of hydrogen-bond acceptors (Lipinski definition) is 3. The zero-order valence-corrected chi connectivity index (χ0v) is 14.3. The van der Waals surface area contributed by atoms with Crippen LogP contribution in [-0.4, -0.2) is 18.0 Å². The normalized spacial score (nSPS) is 10.6. The molecule has 1 N–H and O–H groups in total. The second kappa shape index (κ2) is 6.38. The second-order valence-corrected chi connectivity index (χ2v) is 6.07. The van der Waals surface area contributed by atoms with E-state index >= 15 is 0 Å². The number of hydrogen-bond donors (Lipinski definition) is 1. The van der Waals surface area contributed by atoms with Crippen molar-refractivity contribution < 1.29 is 9.53 Å². The van der Waals surface area contributed by atoms with Crippen LogP contribution in [0.2, 0.25) is 0 Å². The second-order valence-electron chi connectivity index (χ2n) is 5.16. The smallest absolute Gasteiger partial charge is 0.255 e. The van der Waals surface area contributed by atoms with Crippen molar-refractivity contribution in [3.63, 3.8) is 0 Å². The molecule has 0 saturated heterocycles. The van der Waals surface area contributed by atoms with E-state index in [1.807, 2.05) is 31.2 Å². The number of benzene rings is 2. The van der Waals surface area contributed by atoms with Crippen molar-refractivity contribution in [2.75, 3.05) is 12.4 Å². The highest BCUT2D eigenvalue weighted by Gasteiger charge is 2.11. The van der Waals surface area contributed by atoms with Crippen molar-refractivity contribution in [1.82, 2.24) is 4.98 Å². The molecule has 0 fully saturated rings. The standard InChI is InChI=1S/C18H15BrN2O2/c1-11-3-4-12(9-17(11)23-2)18(22)21-16-7-8-20-15-6-5-13(19)10-14(15)16/h3-10H,1-2H3,(H,20,21,22). The van der Waals surface area contributed by atoms with Crippen molar-refractivity contribution in [3.05, 3.63) is 64.3 Å². The summed E-state index contributed by atoms with van der Waals surface area (Å²) in [7, 11) is 1.60. The first-order valence-electron chi connectivity index (χ1n) is 7.09. The third-order valence-electron chi connectivity index (χ3n) is 3.62. The Morgan fingerprint density at radius 3 is 2.78 bits per heavy atom. The lowest BCUT2D eigenvalue weighted by Gasteiger charge is -2.10. The number of aryl methyl sites for hydroxylation is 1. The van der Waals surface area contributed by atoms with Crippen LogP contribution in [0.4, 0.5) is 5.69 Å². The first-order chi connectivity index (χ1) is 11.1. The number of nitrogens with one attached hydrogen (secondary N) is 1. The molecule has 2 aromatic carbocycles. The van der Waals surface area contributed by atoms with Crippen LogP contribution in [0.1, 0.15) is 15.9 Å². The number of ether oxygens (including phenoxy) is 1. The van der Waals surface area contributed by atoms with Crippen LogP contribution in [0.5, 0.6) is 5.75 Å². The summed E-state index contributed by atoms with van der Waals surface area (Å²) in [5.74, 6) is 0.510. The molecule has 0 bridgehead atoms. The Bertz CT molecular complexity index is 893. The Morgan fingerprint density at radius 1 is 1.17 bits per heavy atom. The molecule has 0 aliphatic rings. The summed E-state index contributed by atoms with van der Waals surface area (Å²) in [4.78, 5) is 16.8. The van der Waals surface area contributed by atoms with E-state index in [2.05, 4.69) is 26.2 Å². The monoisotopic (exact) mass is 370 g/mol. The molecule has 0 atom stereocenters. The minimum atomic E-state index is -0.184. The first-order valence-corrected chi connectivity index (χ1v) is 7.88. The SMILES string of the molecule is COc1cc(C(=O)Nc2ccnc3ccc(Br)cc23)ccc1C. The fourth-order valence-corrected chi connectivity index (χ4v) is 2.74. The summed E-state index contributed by atoms with van der Waals surface area (Å²) in [5.41, 5.74) is 3.09. The largest absolute Gasteiger partial charge is 0.496 e. The van der Waals surface area contributed by atoms with E-state index in [0.717, 1.165) is 26.6 Å². The van der Waals surface area contributed by atoms with Gasteiger partial charge in [-0.2, -0.15) is 0 Å². The Kier molecular flexibility index (Phi) is 4.30. The Hall–Kier alpha value is -2.40. The minimum absolute atomic E-state index is 0.184. The molecular formula is C18H15BrN2O2. The van der Waals surface area contributed by atoms with Crippen LogP contribution in [0.3, 0.4) is 0 Å². The van der Waals surface area contributed by atoms with Gasteiger partial charge in [-0.3, -0.25) is 9.78 Å². The van der Waals surface area contributed by atoms with Crippen LogP contribution in [0.15, 0.2) is 53.1 Å². The molecule has 1 heterocycles. The average Bonchev–Trinajstić information content (AvgIpc) is 2.55. The molecule has 1 amide bonds. The van der Waals surface area contributed by atoms with Gasteiger partial charge in [0.15, 0.2) is 0 Å². The van der Waals surface area contributed by atoms with E-state index < -0.39 is 0 Å². The molecule has 4 nitrogen and oxygen atoms in total. The van der Waals surface area contributed by atoms with Gasteiger partial charge in [0.05, 0.1) is 18.3 Å². The summed E-state index contributed by atoms with van der Waals surface area (Å²) in [6, 6.07) is 13.0. The van der Waals surface area contributed by atoms with E-state index in [1.54, 1.807) is 31.5 Å². The molecule has 116 valence electrons. The van der Waals surface area contributed by atoms with Crippen molar-refractivity contribution in [2.45, 2.75) is 6.92 Å². The lowest BCUT2D eigenvalue weighted by Crippen LogP contribution is -2.12. The third kappa shape index (κ3) is 3.19. The number of amides is 1. The number of methoxy groups -OCH3 is 1. The molecule has 0 saturated carbocycles. The summed E-state index contributed by atoms with van der Waals surface area (Å²) >= 11 is 3.45. The van der Waals surface area contributed by atoms with Crippen molar-refractivity contribution in [1.29, 1.82) is 0 Å². The van der Waals surface area contributed by atoms with Gasteiger partial charge in [-0.05, 0) is 48.9 Å². The number of anilines is 1. The summed E-state index contributed by atoms with van der Waals surface area (Å²) in [6.07, 6.45) is 1.68. The Labute approximate surface area is 142 Å². The predicted octanol–water partition coefficient (Wildman–Crippen LogP) is 4.57. The van der Waals surface area contributed by atoms with Gasteiger partial charge in [-0.15, -0.1) is 0 Å². The molecule has 0 spiro atoms. The number of carbonyl (C=O) groups excluding carboxylic acids is 1. The number of rotatable bonds is 3. The maximum atomic E-state index is 12.5. The first kappa shape index (κ1) is 15.5. The lowest BCUT2D eigenvalue weighted by atomic mass is 10.1. The number of fused-ring (bicyclic) bond motifs is 1. The number of pyridine rings is 1. The number of carbonyl (C=O) groups is 1. The molecular weight excluding hydrogens is 356 g/mol. The molecule has 0 unspecified atom stereocenters. The van der Waals surface area contributed by atoms with Crippen LogP contribution in [0.25, 0.3) is 10.9 Å². The Morgan fingerprint density at radius 2 is 2.00 bits per heavy atom. The molecule has 5 heteroatoms. The third-order valence-corrected chi connectivity index (χ3v) is 4.12. The van der Waals surface area contributed by atoms with Crippen LogP contribution in [-0.2, 0) is 0 Å². The molecule has 0 radical (unpaired) electrons. The van der Waals surface area contributed by atoms with Crippen LogP contribution >= 0.6 is 15.9 Å². The molecule has 0 aliphatic carbocycles. The topological polar surface area (TPSA) is 51.2 Å². The molecule has 3 rings (SSSR count). The van der Waals surface area contributed by atoms with Gasteiger partial charge >= 0.3 is 0 Å². The number of nitrogens with zero attached hydrogens (tertiary/aromatic N) is 1. The fraction of sp³-hybridized carbons (Fsp3) is 0.111. The Balaban J connectivity index is 1.96. The van der Waals surface area contributed by atoms with Gasteiger partial charge in [-0.1, -0.05) is 22.0 Å². The highest BCUT2D eigenvalue weighted by Crippen LogP contribution is 2.26. The molecule has 3 aromatic rings. The molecule has 1 aromatic heterocycles. The van der Waals surface area contributed by atoms with E-state index in [1.165, 1.54) is 0 Å². The van der Waals surface area contributed by atoms with E-state index in [4.69, 9.17) is 4.74 Å². The average molecular weight is 371 g/mol. The van der Waals surface area contributed by atoms with Gasteiger partial charge in [0.2, 0.25) is 0 Å². The van der Waals surface area contributed by atoms with Gasteiger partial charge < -0.3 is 10.1 Å². The maximum Gasteiger partial charge on any atom is 0.255 e. The zero-order chi connectivity index (χ0) is 16.4. The van der Waals surface area contributed by atoms with E-state index in [9.17, 15) is 4.79 Å². The minimum Gasteiger partial charge on any atom is -0.496 e. The maximum absolute atomic E-state index is 12.5. The number of aromatic nitrogens is 1. The quantitative estimate of drug-likeness (QED) is 0.734. The van der Waals surface area contributed by atoms with E-state index in [-0.39, 0.29) is 5.91 Å². The van der Waals surface area contributed by atoms with Gasteiger partial charge in [-0.25, -0.2) is 0 Å². The molecule has 0 aliphatic heterocycles. The summed E-state index contributed by atoms with van der Waals surface area (Å²) < 4.78 is 6.21. The highest BCUT2D eigenvalue weighted by molar-refractivity contribution is 9.10. The van der Waals surface area contributed by atoms with E-state index in [0.29, 0.717) is 11.3 Å². The summed E-state index contributed by atoms with van der Waals surface area (Å²) in [6.45, 7) is 1.94. The van der Waals surface area contributed by atoms with Crippen LogP contribution < -0.4 is 10.1 Å². The fourth-order valence-electron chi connectivity index (χ4n) is 2.38. The van der Waals surface area contributed by atoms with Crippen molar-refractivity contribution >= 4 is 38.4 Å². The zero-order valence-electron chi connectivity index (χ0n) is 12.8. The molecule has 23 heavy (non-hydrogen) atoms. The lowest BCUT2D eigenvalue weighted by molar-refractivity contribution is 0.102. The van der Waals surface area contributed by atoms with Crippen molar-refractivity contribution in [3.8, 4) is 5.75 Å². The van der Waals surface area contributed by atoms with Crippen molar-refractivity contribution in [2.24, 2.45) is 0 Å².